The van der Waals surface area contributed by atoms with Crippen molar-refractivity contribution in [2.45, 2.75) is 6.92 Å². The monoisotopic (exact) mass is 331 g/mol. The summed E-state index contributed by atoms with van der Waals surface area (Å²) in [5.74, 6) is 1.34. The zero-order valence-electron chi connectivity index (χ0n) is 11.2. The van der Waals surface area contributed by atoms with Crippen molar-refractivity contribution in [3.05, 3.63) is 46.4 Å². The number of anilines is 1. The van der Waals surface area contributed by atoms with Gasteiger partial charge in [-0.05, 0) is 48.9 Å². The van der Waals surface area contributed by atoms with Crippen molar-refractivity contribution in [2.24, 2.45) is 0 Å². The fraction of sp³-hybridized carbons (Fsp3) is 0.133. The summed E-state index contributed by atoms with van der Waals surface area (Å²) in [5.41, 5.74) is 9.95. The molecule has 4 nitrogen and oxygen atoms in total. The standard InChI is InChI=1S/C15H14BrN3O/c1-9-7-11(4-6-14(9)20-2)19-13-5-3-10(16)8-12(13)18-15(19)17/h3-8H,1-2H3,(H2,17,18). The summed E-state index contributed by atoms with van der Waals surface area (Å²) < 4.78 is 8.21. The Morgan fingerprint density at radius 1 is 1.20 bits per heavy atom. The van der Waals surface area contributed by atoms with Gasteiger partial charge in [-0.2, -0.15) is 0 Å². The Balaban J connectivity index is 2.23. The lowest BCUT2D eigenvalue weighted by Crippen LogP contribution is -2.01. The average Bonchev–Trinajstić information content (AvgIpc) is 2.73. The highest BCUT2D eigenvalue weighted by Gasteiger charge is 2.11. The van der Waals surface area contributed by atoms with E-state index in [0.29, 0.717) is 5.95 Å². The lowest BCUT2D eigenvalue weighted by Gasteiger charge is -2.10. The summed E-state index contributed by atoms with van der Waals surface area (Å²) in [6.45, 7) is 2.01. The van der Waals surface area contributed by atoms with Gasteiger partial charge in [-0.25, -0.2) is 4.98 Å². The molecule has 0 spiro atoms. The smallest absolute Gasteiger partial charge is 0.205 e. The molecule has 0 atom stereocenters. The largest absolute Gasteiger partial charge is 0.496 e. The second-order valence-corrected chi connectivity index (χ2v) is 5.51. The van der Waals surface area contributed by atoms with E-state index >= 15 is 0 Å². The molecular weight excluding hydrogens is 318 g/mol. The van der Waals surface area contributed by atoms with Gasteiger partial charge < -0.3 is 10.5 Å². The summed E-state index contributed by atoms with van der Waals surface area (Å²) in [7, 11) is 1.67. The molecule has 0 amide bonds. The van der Waals surface area contributed by atoms with Crippen LogP contribution in [0.5, 0.6) is 5.75 Å². The molecule has 5 heteroatoms. The number of benzene rings is 2. The molecule has 3 rings (SSSR count). The van der Waals surface area contributed by atoms with E-state index in [0.717, 1.165) is 32.5 Å². The summed E-state index contributed by atoms with van der Waals surface area (Å²) in [6.07, 6.45) is 0. The van der Waals surface area contributed by atoms with Gasteiger partial charge in [0.05, 0.1) is 18.1 Å². The number of fused-ring (bicyclic) bond motifs is 1. The number of hydrogen-bond acceptors (Lipinski definition) is 3. The fourth-order valence-corrected chi connectivity index (χ4v) is 2.69. The third-order valence-electron chi connectivity index (χ3n) is 3.28. The first-order chi connectivity index (χ1) is 9.60. The lowest BCUT2D eigenvalue weighted by atomic mass is 10.2. The Hall–Kier alpha value is -2.01. The normalized spacial score (nSPS) is 10.9. The van der Waals surface area contributed by atoms with Crippen molar-refractivity contribution in [3.8, 4) is 11.4 Å². The minimum Gasteiger partial charge on any atom is -0.496 e. The van der Waals surface area contributed by atoms with Crippen LogP contribution in [0.25, 0.3) is 16.7 Å². The number of nitrogen functional groups attached to an aromatic ring is 1. The van der Waals surface area contributed by atoms with E-state index in [1.807, 2.05) is 47.9 Å². The molecule has 0 bridgehead atoms. The number of hydrogen-bond donors (Lipinski definition) is 1. The maximum atomic E-state index is 6.06. The van der Waals surface area contributed by atoms with Crippen LogP contribution in [0.3, 0.4) is 0 Å². The van der Waals surface area contributed by atoms with Crippen LogP contribution >= 0.6 is 15.9 Å². The van der Waals surface area contributed by atoms with Crippen molar-refractivity contribution in [1.29, 1.82) is 0 Å². The van der Waals surface area contributed by atoms with E-state index in [2.05, 4.69) is 20.9 Å². The van der Waals surface area contributed by atoms with Gasteiger partial charge in [-0.1, -0.05) is 15.9 Å². The number of aromatic nitrogens is 2. The highest BCUT2D eigenvalue weighted by Crippen LogP contribution is 2.28. The molecule has 0 aliphatic heterocycles. The van der Waals surface area contributed by atoms with E-state index < -0.39 is 0 Å². The first-order valence-corrected chi connectivity index (χ1v) is 6.98. The first kappa shape index (κ1) is 13.0. The van der Waals surface area contributed by atoms with Crippen LogP contribution in [0.15, 0.2) is 40.9 Å². The van der Waals surface area contributed by atoms with E-state index in [4.69, 9.17) is 10.5 Å². The zero-order valence-corrected chi connectivity index (χ0v) is 12.8. The maximum Gasteiger partial charge on any atom is 0.205 e. The van der Waals surface area contributed by atoms with Crippen LogP contribution < -0.4 is 10.5 Å². The van der Waals surface area contributed by atoms with E-state index in [9.17, 15) is 0 Å². The number of imidazole rings is 1. The van der Waals surface area contributed by atoms with Gasteiger partial charge in [0, 0.05) is 10.2 Å². The lowest BCUT2D eigenvalue weighted by molar-refractivity contribution is 0.411. The van der Waals surface area contributed by atoms with Crippen molar-refractivity contribution >= 4 is 32.9 Å². The molecule has 102 valence electrons. The van der Waals surface area contributed by atoms with Crippen LogP contribution in [0.4, 0.5) is 5.95 Å². The summed E-state index contributed by atoms with van der Waals surface area (Å²) >= 11 is 3.45. The van der Waals surface area contributed by atoms with Crippen LogP contribution in [0, 0.1) is 6.92 Å². The van der Waals surface area contributed by atoms with Crippen molar-refractivity contribution < 1.29 is 4.74 Å². The van der Waals surface area contributed by atoms with E-state index in [1.54, 1.807) is 7.11 Å². The van der Waals surface area contributed by atoms with Crippen LogP contribution in [-0.4, -0.2) is 16.7 Å². The second-order valence-electron chi connectivity index (χ2n) is 4.59. The maximum absolute atomic E-state index is 6.06. The third kappa shape index (κ3) is 2.04. The minimum absolute atomic E-state index is 0.475. The predicted molar refractivity (Wildman–Crippen MR) is 84.5 cm³/mol. The van der Waals surface area contributed by atoms with Gasteiger partial charge in [0.1, 0.15) is 5.75 Å². The highest BCUT2D eigenvalue weighted by molar-refractivity contribution is 9.10. The van der Waals surface area contributed by atoms with Crippen molar-refractivity contribution in [1.82, 2.24) is 9.55 Å². The Morgan fingerprint density at radius 3 is 2.70 bits per heavy atom. The van der Waals surface area contributed by atoms with E-state index in [-0.39, 0.29) is 0 Å². The molecule has 0 radical (unpaired) electrons. The Bertz CT molecular complexity index is 795. The van der Waals surface area contributed by atoms with Crippen molar-refractivity contribution in [2.75, 3.05) is 12.8 Å². The molecule has 1 heterocycles. The van der Waals surface area contributed by atoms with Gasteiger partial charge in [0.2, 0.25) is 5.95 Å². The van der Waals surface area contributed by atoms with Gasteiger partial charge in [-0.15, -0.1) is 0 Å². The number of rotatable bonds is 2. The predicted octanol–water partition coefficient (Wildman–Crippen LogP) is 3.69. The van der Waals surface area contributed by atoms with Gasteiger partial charge >= 0.3 is 0 Å². The van der Waals surface area contributed by atoms with Gasteiger partial charge in [0.15, 0.2) is 0 Å². The summed E-state index contributed by atoms with van der Waals surface area (Å²) in [5, 5.41) is 0. The third-order valence-corrected chi connectivity index (χ3v) is 3.77. The van der Waals surface area contributed by atoms with Crippen molar-refractivity contribution in [3.63, 3.8) is 0 Å². The molecule has 0 unspecified atom stereocenters. The SMILES string of the molecule is COc1ccc(-n2c(N)nc3cc(Br)ccc32)cc1C. The molecule has 1 aromatic heterocycles. The minimum atomic E-state index is 0.475. The van der Waals surface area contributed by atoms with Gasteiger partial charge in [-0.3, -0.25) is 4.57 Å². The summed E-state index contributed by atoms with van der Waals surface area (Å²) in [4.78, 5) is 4.40. The molecule has 20 heavy (non-hydrogen) atoms. The number of halogens is 1. The topological polar surface area (TPSA) is 53.1 Å². The number of aryl methyl sites for hydroxylation is 1. The molecule has 0 saturated carbocycles. The number of ether oxygens (including phenoxy) is 1. The molecule has 0 saturated heterocycles. The second kappa shape index (κ2) is 4.83. The van der Waals surface area contributed by atoms with Crippen LogP contribution in [0.1, 0.15) is 5.56 Å². The molecule has 0 fully saturated rings. The number of nitrogens with zero attached hydrogens (tertiary/aromatic N) is 2. The Kier molecular flexibility index (Phi) is 3.14. The fourth-order valence-electron chi connectivity index (χ4n) is 2.35. The first-order valence-electron chi connectivity index (χ1n) is 6.18. The zero-order chi connectivity index (χ0) is 14.3. The quantitative estimate of drug-likeness (QED) is 0.779. The molecular formula is C15H14BrN3O. The number of methoxy groups -OCH3 is 1. The number of nitrogens with two attached hydrogens (primary N) is 1. The average molecular weight is 332 g/mol. The summed E-state index contributed by atoms with van der Waals surface area (Å²) in [6, 6.07) is 11.9. The molecule has 3 aromatic rings. The Morgan fingerprint density at radius 2 is 2.00 bits per heavy atom. The molecule has 2 N–H and O–H groups in total. The molecule has 2 aromatic carbocycles. The Labute approximate surface area is 125 Å². The highest BCUT2D eigenvalue weighted by atomic mass is 79.9. The molecule has 0 aliphatic carbocycles. The van der Waals surface area contributed by atoms with Gasteiger partial charge in [0.25, 0.3) is 0 Å². The van der Waals surface area contributed by atoms with Crippen LogP contribution in [0.2, 0.25) is 0 Å². The molecule has 0 aliphatic rings. The van der Waals surface area contributed by atoms with E-state index in [1.165, 1.54) is 0 Å². The van der Waals surface area contributed by atoms with Crippen LogP contribution in [-0.2, 0) is 0 Å².